The number of anilines is 1. The van der Waals surface area contributed by atoms with E-state index in [2.05, 4.69) is 77.4 Å². The van der Waals surface area contributed by atoms with E-state index in [0.29, 0.717) is 0 Å². The lowest BCUT2D eigenvalue weighted by atomic mass is 10.1. The van der Waals surface area contributed by atoms with Gasteiger partial charge in [-0.1, -0.05) is 81.1 Å². The Morgan fingerprint density at radius 2 is 1.56 bits per heavy atom. The summed E-state index contributed by atoms with van der Waals surface area (Å²) < 4.78 is 0. The highest BCUT2D eigenvalue weighted by Crippen LogP contribution is 2.18. The Kier molecular flexibility index (Phi) is 7.76. The molecule has 0 radical (unpaired) electrons. The number of aliphatic imine (C=N–C) groups is 1. The summed E-state index contributed by atoms with van der Waals surface area (Å²) in [5.74, 6) is 1.25. The van der Waals surface area contributed by atoms with Gasteiger partial charge < -0.3 is 9.80 Å². The Hall–Kier alpha value is -2.29. The Bertz CT molecular complexity index is 681. The lowest BCUT2D eigenvalue weighted by Crippen LogP contribution is -2.38. The molecule has 0 aliphatic carbocycles. The molecular formula is C24H33N3. The average Bonchev–Trinajstić information content (AvgIpc) is 3.16. The highest BCUT2D eigenvalue weighted by atomic mass is 15.3. The lowest BCUT2D eigenvalue weighted by Gasteiger charge is -2.29. The van der Waals surface area contributed by atoms with Gasteiger partial charge in [0.25, 0.3) is 0 Å². The van der Waals surface area contributed by atoms with Crippen molar-refractivity contribution >= 4 is 11.5 Å². The smallest absolute Gasteiger partial charge is 0.119 e. The number of nitrogens with zero attached hydrogens (tertiary/aromatic N) is 3. The number of rotatable bonds is 11. The summed E-state index contributed by atoms with van der Waals surface area (Å²) in [6.07, 6.45) is 6.65. The largest absolute Gasteiger partial charge is 0.360 e. The second-order valence-electron chi connectivity index (χ2n) is 7.38. The minimum atomic E-state index is 0.883. The fourth-order valence-electron chi connectivity index (χ4n) is 3.68. The molecule has 1 heterocycles. The molecule has 0 amide bonds. The van der Waals surface area contributed by atoms with Crippen molar-refractivity contribution in [2.75, 3.05) is 31.1 Å². The first-order valence-electron chi connectivity index (χ1n) is 10.5. The van der Waals surface area contributed by atoms with Gasteiger partial charge in [0.05, 0.1) is 13.1 Å². The van der Waals surface area contributed by atoms with E-state index in [-0.39, 0.29) is 0 Å². The number of benzene rings is 2. The van der Waals surface area contributed by atoms with Gasteiger partial charge in [-0.15, -0.1) is 0 Å². The van der Waals surface area contributed by atoms with Crippen LogP contribution < -0.4 is 4.90 Å². The van der Waals surface area contributed by atoms with Crippen LogP contribution in [-0.2, 0) is 6.54 Å². The van der Waals surface area contributed by atoms with Crippen molar-refractivity contribution in [1.82, 2.24) is 4.90 Å². The molecule has 3 rings (SSSR count). The zero-order valence-corrected chi connectivity index (χ0v) is 16.7. The summed E-state index contributed by atoms with van der Waals surface area (Å²) in [6, 6.07) is 21.5. The third-order valence-electron chi connectivity index (χ3n) is 5.23. The van der Waals surface area contributed by atoms with Crippen LogP contribution in [0.15, 0.2) is 65.7 Å². The molecule has 0 N–H and O–H groups in total. The SMILES string of the molecule is CCCCCCCN1CCN=C1CN(Cc1ccccc1)c1ccccc1. The van der Waals surface area contributed by atoms with Gasteiger partial charge >= 0.3 is 0 Å². The van der Waals surface area contributed by atoms with Crippen molar-refractivity contribution in [2.24, 2.45) is 4.99 Å². The minimum Gasteiger partial charge on any atom is -0.360 e. The van der Waals surface area contributed by atoms with E-state index in [1.54, 1.807) is 0 Å². The summed E-state index contributed by atoms with van der Waals surface area (Å²) in [5, 5.41) is 0. The molecule has 0 spiro atoms. The van der Waals surface area contributed by atoms with Crippen LogP contribution in [0, 0.1) is 0 Å². The lowest BCUT2D eigenvalue weighted by molar-refractivity contribution is 0.427. The van der Waals surface area contributed by atoms with E-state index in [1.165, 1.54) is 49.2 Å². The Morgan fingerprint density at radius 1 is 0.852 bits per heavy atom. The van der Waals surface area contributed by atoms with Crippen molar-refractivity contribution < 1.29 is 0 Å². The number of para-hydroxylation sites is 1. The maximum atomic E-state index is 4.84. The van der Waals surface area contributed by atoms with Crippen LogP contribution >= 0.6 is 0 Å². The van der Waals surface area contributed by atoms with E-state index in [0.717, 1.165) is 32.7 Å². The van der Waals surface area contributed by atoms with Crippen LogP contribution in [0.2, 0.25) is 0 Å². The van der Waals surface area contributed by atoms with Gasteiger partial charge in [0.2, 0.25) is 0 Å². The summed E-state index contributed by atoms with van der Waals surface area (Å²) in [6.45, 7) is 7.24. The quantitative estimate of drug-likeness (QED) is 0.499. The van der Waals surface area contributed by atoms with Crippen LogP contribution in [-0.4, -0.2) is 36.9 Å². The van der Waals surface area contributed by atoms with Crippen molar-refractivity contribution in [1.29, 1.82) is 0 Å². The zero-order chi connectivity index (χ0) is 18.7. The van der Waals surface area contributed by atoms with Crippen LogP contribution in [0.25, 0.3) is 0 Å². The average molecular weight is 364 g/mol. The predicted octanol–water partition coefficient (Wildman–Crippen LogP) is 5.38. The van der Waals surface area contributed by atoms with Gasteiger partial charge in [0.15, 0.2) is 0 Å². The van der Waals surface area contributed by atoms with Gasteiger partial charge in [-0.3, -0.25) is 4.99 Å². The minimum absolute atomic E-state index is 0.883. The number of amidine groups is 1. The normalized spacial score (nSPS) is 13.7. The van der Waals surface area contributed by atoms with Crippen molar-refractivity contribution in [3.63, 3.8) is 0 Å². The molecule has 0 saturated carbocycles. The highest BCUT2D eigenvalue weighted by molar-refractivity contribution is 5.88. The first-order chi connectivity index (χ1) is 13.4. The summed E-state index contributed by atoms with van der Waals surface area (Å²) >= 11 is 0. The Balaban J connectivity index is 1.62. The maximum Gasteiger partial charge on any atom is 0.119 e. The molecule has 2 aromatic rings. The summed E-state index contributed by atoms with van der Waals surface area (Å²) in [5.41, 5.74) is 2.60. The fraction of sp³-hybridized carbons (Fsp3) is 0.458. The van der Waals surface area contributed by atoms with Crippen LogP contribution in [0.3, 0.4) is 0 Å². The first kappa shape index (κ1) is 19.5. The molecule has 1 aliphatic rings. The topological polar surface area (TPSA) is 18.8 Å². The van der Waals surface area contributed by atoms with E-state index in [9.17, 15) is 0 Å². The Morgan fingerprint density at radius 3 is 2.30 bits per heavy atom. The van der Waals surface area contributed by atoms with Crippen molar-refractivity contribution in [2.45, 2.75) is 45.6 Å². The van der Waals surface area contributed by atoms with E-state index in [1.807, 2.05) is 0 Å². The van der Waals surface area contributed by atoms with Crippen molar-refractivity contribution in [3.05, 3.63) is 66.2 Å². The molecule has 0 atom stereocenters. The highest BCUT2D eigenvalue weighted by Gasteiger charge is 2.19. The van der Waals surface area contributed by atoms with Gasteiger partial charge in [0.1, 0.15) is 5.84 Å². The summed E-state index contributed by atoms with van der Waals surface area (Å²) in [7, 11) is 0. The van der Waals surface area contributed by atoms with E-state index < -0.39 is 0 Å². The van der Waals surface area contributed by atoms with Crippen LogP contribution in [0.1, 0.15) is 44.6 Å². The fourth-order valence-corrected chi connectivity index (χ4v) is 3.68. The molecule has 0 bridgehead atoms. The van der Waals surface area contributed by atoms with Crippen LogP contribution in [0.5, 0.6) is 0 Å². The number of hydrogen-bond donors (Lipinski definition) is 0. The summed E-state index contributed by atoms with van der Waals surface area (Å²) in [4.78, 5) is 9.79. The molecule has 0 fully saturated rings. The second-order valence-corrected chi connectivity index (χ2v) is 7.38. The van der Waals surface area contributed by atoms with E-state index >= 15 is 0 Å². The molecule has 0 saturated heterocycles. The second kappa shape index (κ2) is 10.8. The molecular weight excluding hydrogens is 330 g/mol. The van der Waals surface area contributed by atoms with E-state index in [4.69, 9.17) is 4.99 Å². The molecule has 27 heavy (non-hydrogen) atoms. The van der Waals surface area contributed by atoms with Gasteiger partial charge in [0, 0.05) is 25.3 Å². The van der Waals surface area contributed by atoms with Crippen LogP contribution in [0.4, 0.5) is 5.69 Å². The number of unbranched alkanes of at least 4 members (excludes halogenated alkanes) is 4. The molecule has 1 aliphatic heterocycles. The van der Waals surface area contributed by atoms with Gasteiger partial charge in [-0.25, -0.2) is 0 Å². The van der Waals surface area contributed by atoms with Gasteiger partial charge in [-0.05, 0) is 24.1 Å². The maximum absolute atomic E-state index is 4.84. The Labute approximate surface area is 164 Å². The van der Waals surface area contributed by atoms with Gasteiger partial charge in [-0.2, -0.15) is 0 Å². The van der Waals surface area contributed by atoms with Crippen molar-refractivity contribution in [3.8, 4) is 0 Å². The molecule has 3 nitrogen and oxygen atoms in total. The standard InChI is InChI=1S/C24H33N3/c1-2-3-4-5-12-18-26-19-17-25-24(26)21-27(23-15-10-7-11-16-23)20-22-13-8-6-9-14-22/h6-11,13-16H,2-5,12,17-21H2,1H3. The monoisotopic (exact) mass is 363 g/mol. The third kappa shape index (κ3) is 6.13. The molecule has 144 valence electrons. The third-order valence-corrected chi connectivity index (χ3v) is 5.23. The number of hydrogen-bond acceptors (Lipinski definition) is 3. The molecule has 3 heteroatoms. The molecule has 0 unspecified atom stereocenters. The first-order valence-corrected chi connectivity index (χ1v) is 10.5. The molecule has 0 aromatic heterocycles. The zero-order valence-electron chi connectivity index (χ0n) is 16.7. The molecule has 2 aromatic carbocycles. The predicted molar refractivity (Wildman–Crippen MR) is 117 cm³/mol.